The van der Waals surface area contributed by atoms with Crippen LogP contribution in [0.15, 0.2) is 12.1 Å². The molecule has 1 aliphatic heterocycles. The molecule has 0 spiro atoms. The molecule has 0 radical (unpaired) electrons. The fourth-order valence-corrected chi connectivity index (χ4v) is 2.83. The zero-order chi connectivity index (χ0) is 15.8. The van der Waals surface area contributed by atoms with Gasteiger partial charge in [-0.1, -0.05) is 30.1 Å². The van der Waals surface area contributed by atoms with Gasteiger partial charge < -0.3 is 10.2 Å². The van der Waals surface area contributed by atoms with Gasteiger partial charge in [-0.15, -0.1) is 0 Å². The van der Waals surface area contributed by atoms with Crippen LogP contribution in [0.25, 0.3) is 0 Å². The van der Waals surface area contributed by atoms with E-state index in [0.717, 1.165) is 5.56 Å². The third kappa shape index (κ3) is 3.01. The molecule has 1 N–H and O–H groups in total. The molecule has 1 aromatic carbocycles. The van der Waals surface area contributed by atoms with E-state index in [1.807, 2.05) is 13.8 Å². The summed E-state index contributed by atoms with van der Waals surface area (Å²) in [4.78, 5) is 26.2. The maximum Gasteiger partial charge on any atom is 0.252 e. The molecule has 4 nitrogen and oxygen atoms in total. The van der Waals surface area contributed by atoms with Gasteiger partial charge in [0.15, 0.2) is 0 Å². The molecule has 1 fully saturated rings. The molecule has 0 saturated carbocycles. The molecule has 1 saturated heterocycles. The average molecular weight is 329 g/mol. The molecule has 21 heavy (non-hydrogen) atoms. The summed E-state index contributed by atoms with van der Waals surface area (Å²) in [5.74, 6) is -0.304. The Balaban J connectivity index is 2.49. The van der Waals surface area contributed by atoms with Gasteiger partial charge in [-0.2, -0.15) is 0 Å². The van der Waals surface area contributed by atoms with E-state index in [0.29, 0.717) is 28.7 Å². The zero-order valence-electron chi connectivity index (χ0n) is 12.3. The number of carbonyl (C=O) groups is 2. The number of rotatable bonds is 2. The number of anilines is 1. The van der Waals surface area contributed by atoms with Crippen molar-refractivity contribution in [3.63, 3.8) is 0 Å². The minimum atomic E-state index is -0.922. The van der Waals surface area contributed by atoms with E-state index < -0.39 is 5.54 Å². The van der Waals surface area contributed by atoms with Crippen LogP contribution in [0.1, 0.15) is 32.3 Å². The summed E-state index contributed by atoms with van der Waals surface area (Å²) in [6, 6.07) is 3.42. The maximum absolute atomic E-state index is 12.8. The molecule has 0 bridgehead atoms. The first-order valence-corrected chi connectivity index (χ1v) is 7.62. The molecule has 1 heterocycles. The second kappa shape index (κ2) is 5.85. The summed E-state index contributed by atoms with van der Waals surface area (Å²) in [5, 5.41) is 3.80. The van der Waals surface area contributed by atoms with Gasteiger partial charge in [-0.3, -0.25) is 9.59 Å². The largest absolute Gasteiger partial charge is 0.342 e. The Morgan fingerprint density at radius 2 is 1.95 bits per heavy atom. The van der Waals surface area contributed by atoms with Crippen molar-refractivity contribution in [1.29, 1.82) is 0 Å². The predicted octanol–water partition coefficient (Wildman–Crippen LogP) is 3.32. The van der Waals surface area contributed by atoms with Gasteiger partial charge >= 0.3 is 0 Å². The van der Waals surface area contributed by atoms with Crippen molar-refractivity contribution >= 4 is 40.7 Å². The van der Waals surface area contributed by atoms with Crippen LogP contribution in [-0.2, 0) is 9.59 Å². The van der Waals surface area contributed by atoms with Crippen molar-refractivity contribution < 1.29 is 9.59 Å². The highest BCUT2D eigenvalue weighted by Crippen LogP contribution is 2.34. The van der Waals surface area contributed by atoms with Gasteiger partial charge in [0.25, 0.3) is 5.91 Å². The third-order valence-electron chi connectivity index (χ3n) is 3.92. The lowest BCUT2D eigenvalue weighted by atomic mass is 9.97. The van der Waals surface area contributed by atoms with Crippen LogP contribution in [0.2, 0.25) is 10.0 Å². The van der Waals surface area contributed by atoms with Crippen LogP contribution in [0, 0.1) is 6.92 Å². The van der Waals surface area contributed by atoms with Gasteiger partial charge in [0.05, 0.1) is 10.7 Å². The first-order valence-electron chi connectivity index (χ1n) is 6.87. The Morgan fingerprint density at radius 3 is 2.57 bits per heavy atom. The summed E-state index contributed by atoms with van der Waals surface area (Å²) in [5.41, 5.74) is 0.474. The van der Waals surface area contributed by atoms with Gasteiger partial charge in [0.2, 0.25) is 5.91 Å². The lowest BCUT2D eigenvalue weighted by Crippen LogP contribution is -2.54. The molecule has 0 aromatic heterocycles. The zero-order valence-corrected chi connectivity index (χ0v) is 13.8. The Hall–Kier alpha value is -1.26. The highest BCUT2D eigenvalue weighted by Gasteiger charge is 2.40. The molecule has 1 atom stereocenters. The SMILES string of the molecule is CCC1(C)NC(=O)CCN(c2cc(Cl)c(C)cc2Cl)C1=O. The number of hydrogen-bond acceptors (Lipinski definition) is 2. The van der Waals surface area contributed by atoms with Crippen molar-refractivity contribution in [1.82, 2.24) is 5.32 Å². The Morgan fingerprint density at radius 1 is 1.29 bits per heavy atom. The van der Waals surface area contributed by atoms with Crippen molar-refractivity contribution in [3.8, 4) is 0 Å². The first kappa shape index (κ1) is 16.1. The van der Waals surface area contributed by atoms with E-state index in [4.69, 9.17) is 23.2 Å². The number of nitrogens with one attached hydrogen (secondary N) is 1. The molecule has 0 aliphatic carbocycles. The fourth-order valence-electron chi connectivity index (χ4n) is 2.35. The maximum atomic E-state index is 12.8. The molecular weight excluding hydrogens is 311 g/mol. The van der Waals surface area contributed by atoms with E-state index in [-0.39, 0.29) is 18.2 Å². The second-order valence-electron chi connectivity index (χ2n) is 5.49. The highest BCUT2D eigenvalue weighted by molar-refractivity contribution is 6.36. The van der Waals surface area contributed by atoms with Crippen LogP contribution in [0.4, 0.5) is 5.69 Å². The summed E-state index contributed by atoms with van der Waals surface area (Å²) >= 11 is 12.4. The summed E-state index contributed by atoms with van der Waals surface area (Å²) in [7, 11) is 0. The van der Waals surface area contributed by atoms with E-state index in [2.05, 4.69) is 5.32 Å². The molecule has 6 heteroatoms. The highest BCUT2D eigenvalue weighted by atomic mass is 35.5. The molecular formula is C15H18Cl2N2O2. The monoisotopic (exact) mass is 328 g/mol. The van der Waals surface area contributed by atoms with E-state index >= 15 is 0 Å². The normalized spacial score (nSPS) is 23.0. The molecule has 1 aromatic rings. The second-order valence-corrected chi connectivity index (χ2v) is 6.31. The van der Waals surface area contributed by atoms with Crippen LogP contribution in [0.5, 0.6) is 0 Å². The number of aryl methyl sites for hydroxylation is 1. The van der Waals surface area contributed by atoms with Gasteiger partial charge in [-0.25, -0.2) is 0 Å². The van der Waals surface area contributed by atoms with E-state index in [1.165, 1.54) is 0 Å². The fraction of sp³-hybridized carbons (Fsp3) is 0.467. The molecule has 1 unspecified atom stereocenters. The number of halogens is 2. The van der Waals surface area contributed by atoms with Crippen molar-refractivity contribution in [3.05, 3.63) is 27.7 Å². The van der Waals surface area contributed by atoms with E-state index in [1.54, 1.807) is 24.0 Å². The summed E-state index contributed by atoms with van der Waals surface area (Å²) < 4.78 is 0. The van der Waals surface area contributed by atoms with Gasteiger partial charge in [0.1, 0.15) is 5.54 Å². The van der Waals surface area contributed by atoms with Gasteiger partial charge in [0, 0.05) is 18.0 Å². The number of amides is 2. The number of nitrogens with zero attached hydrogens (tertiary/aromatic N) is 1. The van der Waals surface area contributed by atoms with Crippen molar-refractivity contribution in [2.24, 2.45) is 0 Å². The Labute approximate surface area is 134 Å². The molecule has 114 valence electrons. The van der Waals surface area contributed by atoms with Gasteiger partial charge in [-0.05, 0) is 38.0 Å². The molecule has 2 rings (SSSR count). The smallest absolute Gasteiger partial charge is 0.252 e. The lowest BCUT2D eigenvalue weighted by molar-refractivity contribution is -0.129. The predicted molar refractivity (Wildman–Crippen MR) is 85.0 cm³/mol. The molecule has 2 amide bonds. The van der Waals surface area contributed by atoms with Crippen LogP contribution >= 0.6 is 23.2 Å². The minimum Gasteiger partial charge on any atom is -0.342 e. The Bertz CT molecular complexity index is 604. The Kier molecular flexibility index (Phi) is 4.49. The van der Waals surface area contributed by atoms with Crippen molar-refractivity contribution in [2.75, 3.05) is 11.4 Å². The quantitative estimate of drug-likeness (QED) is 0.905. The van der Waals surface area contributed by atoms with Crippen molar-refractivity contribution in [2.45, 2.75) is 39.2 Å². The summed E-state index contributed by atoms with van der Waals surface area (Å²) in [6.45, 7) is 5.74. The first-order chi connectivity index (χ1) is 9.78. The average Bonchev–Trinajstić information content (AvgIpc) is 2.53. The van der Waals surface area contributed by atoms with E-state index in [9.17, 15) is 9.59 Å². The minimum absolute atomic E-state index is 0.135. The topological polar surface area (TPSA) is 49.4 Å². The van der Waals surface area contributed by atoms with Crippen LogP contribution in [-0.4, -0.2) is 23.9 Å². The number of hydrogen-bond donors (Lipinski definition) is 1. The molecule has 1 aliphatic rings. The standard InChI is InChI=1S/C15H18Cl2N2O2/c1-4-15(3)14(21)19(6-5-13(20)18-15)12-8-10(16)9(2)7-11(12)17/h7-8H,4-6H2,1-3H3,(H,18,20). The van der Waals surface area contributed by atoms with Crippen LogP contribution < -0.4 is 10.2 Å². The third-order valence-corrected chi connectivity index (χ3v) is 4.63. The number of carbonyl (C=O) groups excluding carboxylic acids is 2. The van der Waals surface area contributed by atoms with Crippen LogP contribution in [0.3, 0.4) is 0 Å². The lowest BCUT2D eigenvalue weighted by Gasteiger charge is -2.31. The number of benzene rings is 1. The summed E-state index contributed by atoms with van der Waals surface area (Å²) in [6.07, 6.45) is 0.744.